The van der Waals surface area contributed by atoms with Crippen molar-refractivity contribution >= 4 is 17.7 Å². The molecule has 2 heterocycles. The van der Waals surface area contributed by atoms with Gasteiger partial charge in [0.2, 0.25) is 0 Å². The molecule has 7 heteroatoms. The third-order valence-electron chi connectivity index (χ3n) is 3.95. The number of benzene rings is 1. The first kappa shape index (κ1) is 18.1. The van der Waals surface area contributed by atoms with E-state index in [1.807, 2.05) is 22.8 Å². The summed E-state index contributed by atoms with van der Waals surface area (Å²) in [5.74, 6) is 0.632. The SMILES string of the molecule is CCOC(=O)CSc1nnc(-c2ccncc2)n1-c1ccc(C)c(C)c1. The minimum Gasteiger partial charge on any atom is -0.465 e. The molecule has 0 unspecified atom stereocenters. The number of carbonyl (C=O) groups excluding carboxylic acids is 1. The minimum atomic E-state index is -0.266. The van der Waals surface area contributed by atoms with Gasteiger partial charge in [-0.25, -0.2) is 0 Å². The zero-order valence-corrected chi connectivity index (χ0v) is 15.8. The van der Waals surface area contributed by atoms with Gasteiger partial charge in [-0.2, -0.15) is 0 Å². The summed E-state index contributed by atoms with van der Waals surface area (Å²) in [6, 6.07) is 9.98. The van der Waals surface area contributed by atoms with Crippen LogP contribution < -0.4 is 0 Å². The second-order valence-corrected chi connectivity index (χ2v) is 6.68. The first-order chi connectivity index (χ1) is 12.6. The van der Waals surface area contributed by atoms with Crippen LogP contribution in [0.4, 0.5) is 0 Å². The third-order valence-corrected chi connectivity index (χ3v) is 4.85. The van der Waals surface area contributed by atoms with Gasteiger partial charge in [0.15, 0.2) is 11.0 Å². The molecule has 0 aliphatic carbocycles. The maximum atomic E-state index is 11.7. The largest absolute Gasteiger partial charge is 0.465 e. The van der Waals surface area contributed by atoms with Gasteiger partial charge in [0.05, 0.1) is 18.0 Å². The van der Waals surface area contributed by atoms with Crippen LogP contribution in [0.5, 0.6) is 0 Å². The van der Waals surface area contributed by atoms with Crippen LogP contribution >= 0.6 is 11.8 Å². The normalized spacial score (nSPS) is 10.7. The van der Waals surface area contributed by atoms with E-state index >= 15 is 0 Å². The Morgan fingerprint density at radius 3 is 2.58 bits per heavy atom. The van der Waals surface area contributed by atoms with Gasteiger partial charge in [0, 0.05) is 18.0 Å². The summed E-state index contributed by atoms with van der Waals surface area (Å²) >= 11 is 1.31. The van der Waals surface area contributed by atoms with Crippen molar-refractivity contribution < 1.29 is 9.53 Å². The van der Waals surface area contributed by atoms with Crippen molar-refractivity contribution in [2.45, 2.75) is 25.9 Å². The molecule has 2 aromatic heterocycles. The number of hydrogen-bond acceptors (Lipinski definition) is 6. The van der Waals surface area contributed by atoms with Crippen LogP contribution in [-0.2, 0) is 9.53 Å². The summed E-state index contributed by atoms with van der Waals surface area (Å²) in [6.45, 7) is 6.30. The molecule has 0 amide bonds. The quantitative estimate of drug-likeness (QED) is 0.489. The minimum absolute atomic E-state index is 0.188. The van der Waals surface area contributed by atoms with Crippen LogP contribution in [0.15, 0.2) is 47.9 Å². The molecule has 6 nitrogen and oxygen atoms in total. The lowest BCUT2D eigenvalue weighted by Crippen LogP contribution is -2.08. The van der Waals surface area contributed by atoms with Gasteiger partial charge in [-0.3, -0.25) is 14.3 Å². The summed E-state index contributed by atoms with van der Waals surface area (Å²) < 4.78 is 6.97. The lowest BCUT2D eigenvalue weighted by Gasteiger charge is -2.12. The standard InChI is InChI=1S/C19H20N4O2S/c1-4-25-17(24)12-26-19-22-21-18(15-7-9-20-10-8-15)23(19)16-6-5-13(2)14(3)11-16/h5-11H,4,12H2,1-3H3. The fourth-order valence-electron chi connectivity index (χ4n) is 2.47. The van der Waals surface area contributed by atoms with E-state index in [2.05, 4.69) is 41.2 Å². The molecule has 0 aliphatic rings. The molecular formula is C19H20N4O2S. The number of rotatable bonds is 6. The van der Waals surface area contributed by atoms with Crippen molar-refractivity contribution in [3.05, 3.63) is 53.9 Å². The van der Waals surface area contributed by atoms with E-state index in [-0.39, 0.29) is 11.7 Å². The first-order valence-electron chi connectivity index (χ1n) is 8.32. The molecule has 0 saturated heterocycles. The number of ether oxygens (including phenoxy) is 1. The van der Waals surface area contributed by atoms with E-state index in [0.29, 0.717) is 17.6 Å². The maximum absolute atomic E-state index is 11.7. The van der Waals surface area contributed by atoms with Crippen LogP contribution in [0, 0.1) is 13.8 Å². The smallest absolute Gasteiger partial charge is 0.316 e. The molecule has 3 aromatic rings. The van der Waals surface area contributed by atoms with Gasteiger partial charge in [0.1, 0.15) is 0 Å². The Bertz CT molecular complexity index is 909. The molecule has 0 aliphatic heterocycles. The summed E-state index contributed by atoms with van der Waals surface area (Å²) in [4.78, 5) is 15.8. The summed E-state index contributed by atoms with van der Waals surface area (Å²) in [6.07, 6.45) is 3.44. The van der Waals surface area contributed by atoms with Gasteiger partial charge < -0.3 is 4.74 Å². The Morgan fingerprint density at radius 2 is 1.88 bits per heavy atom. The zero-order chi connectivity index (χ0) is 18.5. The number of carbonyl (C=O) groups is 1. The van der Waals surface area contributed by atoms with Crippen molar-refractivity contribution in [3.8, 4) is 17.1 Å². The first-order valence-corrected chi connectivity index (χ1v) is 9.30. The number of aryl methyl sites for hydroxylation is 2. The molecule has 0 saturated carbocycles. The number of hydrogen-bond donors (Lipinski definition) is 0. The van der Waals surface area contributed by atoms with Crippen LogP contribution in [0.2, 0.25) is 0 Å². The second-order valence-electron chi connectivity index (χ2n) is 5.74. The highest BCUT2D eigenvalue weighted by Crippen LogP contribution is 2.28. The van der Waals surface area contributed by atoms with E-state index in [9.17, 15) is 4.79 Å². The van der Waals surface area contributed by atoms with E-state index in [0.717, 1.165) is 11.3 Å². The molecule has 0 spiro atoms. The van der Waals surface area contributed by atoms with Crippen molar-refractivity contribution in [1.82, 2.24) is 19.7 Å². The van der Waals surface area contributed by atoms with Crippen molar-refractivity contribution in [2.24, 2.45) is 0 Å². The Labute approximate surface area is 156 Å². The van der Waals surface area contributed by atoms with E-state index in [1.165, 1.54) is 22.9 Å². The second kappa shape index (κ2) is 8.14. The Kier molecular flexibility index (Phi) is 5.68. The third kappa shape index (κ3) is 3.94. The lowest BCUT2D eigenvalue weighted by atomic mass is 10.1. The predicted octanol–water partition coefficient (Wildman–Crippen LogP) is 3.60. The topological polar surface area (TPSA) is 69.9 Å². The highest BCUT2D eigenvalue weighted by molar-refractivity contribution is 7.99. The van der Waals surface area contributed by atoms with Crippen LogP contribution in [0.1, 0.15) is 18.1 Å². The van der Waals surface area contributed by atoms with Crippen LogP contribution in [0.25, 0.3) is 17.1 Å². The van der Waals surface area contributed by atoms with E-state index in [4.69, 9.17) is 4.74 Å². The van der Waals surface area contributed by atoms with Gasteiger partial charge >= 0.3 is 5.97 Å². The molecule has 134 valence electrons. The predicted molar refractivity (Wildman–Crippen MR) is 101 cm³/mol. The van der Waals surface area contributed by atoms with Gasteiger partial charge in [0.25, 0.3) is 0 Å². The average Bonchev–Trinajstić information content (AvgIpc) is 3.07. The summed E-state index contributed by atoms with van der Waals surface area (Å²) in [7, 11) is 0. The fraction of sp³-hybridized carbons (Fsp3) is 0.263. The van der Waals surface area contributed by atoms with Gasteiger partial charge in [-0.05, 0) is 56.2 Å². The molecule has 0 bridgehead atoms. The van der Waals surface area contributed by atoms with Crippen LogP contribution in [-0.4, -0.2) is 38.1 Å². The van der Waals surface area contributed by atoms with Crippen LogP contribution in [0.3, 0.4) is 0 Å². The van der Waals surface area contributed by atoms with Crippen molar-refractivity contribution in [1.29, 1.82) is 0 Å². The van der Waals surface area contributed by atoms with E-state index in [1.54, 1.807) is 19.3 Å². The summed E-state index contributed by atoms with van der Waals surface area (Å²) in [5, 5.41) is 9.30. The van der Waals surface area contributed by atoms with Gasteiger partial charge in [-0.15, -0.1) is 10.2 Å². The molecule has 0 N–H and O–H groups in total. The number of pyridine rings is 1. The molecule has 26 heavy (non-hydrogen) atoms. The molecule has 3 rings (SSSR count). The molecular weight excluding hydrogens is 348 g/mol. The Hall–Kier alpha value is -2.67. The molecule has 1 aromatic carbocycles. The monoisotopic (exact) mass is 368 g/mol. The Morgan fingerprint density at radius 1 is 1.12 bits per heavy atom. The Balaban J connectivity index is 2.03. The van der Waals surface area contributed by atoms with Crippen molar-refractivity contribution in [2.75, 3.05) is 12.4 Å². The lowest BCUT2D eigenvalue weighted by molar-refractivity contribution is -0.139. The average molecular weight is 368 g/mol. The van der Waals surface area contributed by atoms with Crippen molar-refractivity contribution in [3.63, 3.8) is 0 Å². The number of esters is 1. The van der Waals surface area contributed by atoms with E-state index < -0.39 is 0 Å². The number of aromatic nitrogens is 4. The maximum Gasteiger partial charge on any atom is 0.316 e. The number of nitrogens with zero attached hydrogens (tertiary/aromatic N) is 4. The summed E-state index contributed by atoms with van der Waals surface area (Å²) in [5.41, 5.74) is 4.26. The zero-order valence-electron chi connectivity index (χ0n) is 15.0. The van der Waals surface area contributed by atoms with Gasteiger partial charge in [-0.1, -0.05) is 17.8 Å². The molecule has 0 atom stereocenters. The highest BCUT2D eigenvalue weighted by atomic mass is 32.2. The molecule has 0 radical (unpaired) electrons. The number of thioether (sulfide) groups is 1. The molecule has 0 fully saturated rings. The fourth-order valence-corrected chi connectivity index (χ4v) is 3.22. The highest BCUT2D eigenvalue weighted by Gasteiger charge is 2.18.